The van der Waals surface area contributed by atoms with Crippen molar-refractivity contribution >= 4 is 0 Å². The summed E-state index contributed by atoms with van der Waals surface area (Å²) in [6.45, 7) is 5.33. The highest BCUT2D eigenvalue weighted by molar-refractivity contribution is 5.24. The summed E-state index contributed by atoms with van der Waals surface area (Å²) >= 11 is 0. The van der Waals surface area contributed by atoms with Gasteiger partial charge in [0.05, 0.1) is 0 Å². The van der Waals surface area contributed by atoms with E-state index in [1.807, 2.05) is 6.92 Å². The van der Waals surface area contributed by atoms with Crippen molar-refractivity contribution in [3.63, 3.8) is 0 Å². The minimum atomic E-state index is -0.156. The van der Waals surface area contributed by atoms with Crippen LogP contribution in [0.1, 0.15) is 37.4 Å². The molecule has 20 heavy (non-hydrogen) atoms. The number of hydrogen-bond acceptors (Lipinski definition) is 2. The number of imidazole rings is 1. The molecule has 0 spiro atoms. The van der Waals surface area contributed by atoms with E-state index >= 15 is 0 Å². The lowest BCUT2D eigenvalue weighted by Gasteiger charge is -2.13. The molecular formula is C16H23N3O. The monoisotopic (exact) mass is 273 g/mol. The van der Waals surface area contributed by atoms with Gasteiger partial charge in [-0.1, -0.05) is 37.6 Å². The molecule has 108 valence electrons. The van der Waals surface area contributed by atoms with Gasteiger partial charge in [0.25, 0.3) is 0 Å². The fourth-order valence-electron chi connectivity index (χ4n) is 2.37. The number of hydrogen-bond donors (Lipinski definition) is 1. The average molecular weight is 273 g/mol. The highest BCUT2D eigenvalue weighted by atomic mass is 16.1. The zero-order valence-corrected chi connectivity index (χ0v) is 12.2. The van der Waals surface area contributed by atoms with Crippen molar-refractivity contribution < 1.29 is 0 Å². The molecule has 0 radical (unpaired) electrons. The van der Waals surface area contributed by atoms with Crippen LogP contribution in [0.25, 0.3) is 0 Å². The average Bonchev–Trinajstić information content (AvgIpc) is 2.80. The molecule has 0 aliphatic carbocycles. The molecule has 0 bridgehead atoms. The van der Waals surface area contributed by atoms with Crippen molar-refractivity contribution in [1.29, 1.82) is 0 Å². The van der Waals surface area contributed by atoms with E-state index in [1.54, 1.807) is 21.5 Å². The first kappa shape index (κ1) is 14.6. The Kier molecular flexibility index (Phi) is 4.79. The summed E-state index contributed by atoms with van der Waals surface area (Å²) in [6, 6.07) is 8.22. The lowest BCUT2D eigenvalue weighted by Crippen LogP contribution is -2.28. The van der Waals surface area contributed by atoms with Crippen LogP contribution in [0.2, 0.25) is 0 Å². The summed E-state index contributed by atoms with van der Waals surface area (Å²) in [6.07, 6.45) is 5.84. The maximum atomic E-state index is 12.0. The van der Waals surface area contributed by atoms with Crippen molar-refractivity contribution in [2.45, 2.75) is 45.8 Å². The summed E-state index contributed by atoms with van der Waals surface area (Å²) in [5.74, 6) is 0. The highest BCUT2D eigenvalue weighted by Gasteiger charge is 2.09. The van der Waals surface area contributed by atoms with Crippen LogP contribution in [0.4, 0.5) is 0 Å². The molecule has 2 rings (SSSR count). The second-order valence-electron chi connectivity index (χ2n) is 5.12. The van der Waals surface area contributed by atoms with Crippen LogP contribution in [0.15, 0.2) is 41.5 Å². The number of benzene rings is 1. The van der Waals surface area contributed by atoms with Gasteiger partial charge in [-0.15, -0.1) is 0 Å². The normalized spacial score (nSPS) is 12.6. The van der Waals surface area contributed by atoms with Crippen LogP contribution in [0.5, 0.6) is 0 Å². The van der Waals surface area contributed by atoms with Crippen LogP contribution in [0, 0.1) is 0 Å². The molecule has 1 aromatic heterocycles. The van der Waals surface area contributed by atoms with Gasteiger partial charge < -0.3 is 5.73 Å². The molecule has 2 N–H and O–H groups in total. The molecule has 0 fully saturated rings. The number of nitrogens with two attached hydrogens (primary N) is 1. The molecule has 0 aliphatic heterocycles. The van der Waals surface area contributed by atoms with Crippen LogP contribution in [-0.2, 0) is 19.5 Å². The van der Waals surface area contributed by atoms with Gasteiger partial charge in [-0.2, -0.15) is 0 Å². The quantitative estimate of drug-likeness (QED) is 0.878. The van der Waals surface area contributed by atoms with Gasteiger partial charge in [-0.3, -0.25) is 9.13 Å². The topological polar surface area (TPSA) is 52.9 Å². The zero-order chi connectivity index (χ0) is 14.5. The van der Waals surface area contributed by atoms with Crippen molar-refractivity contribution in [3.05, 3.63) is 58.3 Å². The summed E-state index contributed by atoms with van der Waals surface area (Å²) in [7, 11) is 0. The minimum Gasteiger partial charge on any atom is -0.322 e. The molecule has 1 heterocycles. The second-order valence-corrected chi connectivity index (χ2v) is 5.12. The van der Waals surface area contributed by atoms with E-state index in [0.717, 1.165) is 18.4 Å². The van der Waals surface area contributed by atoms with Gasteiger partial charge in [0, 0.05) is 31.5 Å². The van der Waals surface area contributed by atoms with Gasteiger partial charge >= 0.3 is 5.69 Å². The van der Waals surface area contributed by atoms with Crippen molar-refractivity contribution in [2.24, 2.45) is 5.73 Å². The molecule has 4 nitrogen and oxygen atoms in total. The number of aromatic nitrogens is 2. The second kappa shape index (κ2) is 6.57. The van der Waals surface area contributed by atoms with Crippen LogP contribution in [-0.4, -0.2) is 9.13 Å². The Hall–Kier alpha value is -1.81. The van der Waals surface area contributed by atoms with Crippen LogP contribution < -0.4 is 11.4 Å². The molecule has 0 aliphatic rings. The van der Waals surface area contributed by atoms with Crippen LogP contribution >= 0.6 is 0 Å². The third-order valence-electron chi connectivity index (χ3n) is 3.60. The lowest BCUT2D eigenvalue weighted by molar-refractivity contribution is 0.547. The van der Waals surface area contributed by atoms with Gasteiger partial charge in [0.1, 0.15) is 0 Å². The Morgan fingerprint density at radius 1 is 1.10 bits per heavy atom. The predicted molar refractivity (Wildman–Crippen MR) is 81.7 cm³/mol. The molecular weight excluding hydrogens is 250 g/mol. The molecule has 0 saturated heterocycles. The van der Waals surface area contributed by atoms with E-state index in [1.165, 1.54) is 5.56 Å². The summed E-state index contributed by atoms with van der Waals surface area (Å²) in [4.78, 5) is 12.0. The highest BCUT2D eigenvalue weighted by Crippen LogP contribution is 2.14. The van der Waals surface area contributed by atoms with Gasteiger partial charge in [0.2, 0.25) is 0 Å². The van der Waals surface area contributed by atoms with E-state index < -0.39 is 0 Å². The fraction of sp³-hybridized carbons (Fsp3) is 0.438. The van der Waals surface area contributed by atoms with Gasteiger partial charge in [0.15, 0.2) is 0 Å². The van der Waals surface area contributed by atoms with E-state index in [2.05, 4.69) is 31.2 Å². The first-order valence-electron chi connectivity index (χ1n) is 7.25. The Morgan fingerprint density at radius 2 is 1.75 bits per heavy atom. The Morgan fingerprint density at radius 3 is 2.30 bits per heavy atom. The summed E-state index contributed by atoms with van der Waals surface area (Å²) in [5, 5.41) is 0. The van der Waals surface area contributed by atoms with E-state index in [-0.39, 0.29) is 11.7 Å². The Balaban J connectivity index is 2.09. The zero-order valence-electron chi connectivity index (χ0n) is 12.2. The Bertz CT molecular complexity index is 595. The number of nitrogens with zero attached hydrogens (tertiary/aromatic N) is 2. The van der Waals surface area contributed by atoms with E-state index in [9.17, 15) is 4.79 Å². The molecule has 2 aromatic rings. The third kappa shape index (κ3) is 3.20. The lowest BCUT2D eigenvalue weighted by atomic mass is 10.0. The summed E-state index contributed by atoms with van der Waals surface area (Å²) in [5.41, 5.74) is 8.61. The summed E-state index contributed by atoms with van der Waals surface area (Å²) < 4.78 is 3.35. The molecule has 4 heteroatoms. The molecule has 0 amide bonds. The third-order valence-corrected chi connectivity index (χ3v) is 3.60. The van der Waals surface area contributed by atoms with Crippen molar-refractivity contribution in [3.8, 4) is 0 Å². The number of rotatable bonds is 6. The smallest absolute Gasteiger partial charge is 0.322 e. The van der Waals surface area contributed by atoms with Gasteiger partial charge in [-0.05, 0) is 24.5 Å². The van der Waals surface area contributed by atoms with E-state index in [4.69, 9.17) is 5.73 Å². The Labute approximate surface area is 119 Å². The molecule has 0 saturated carbocycles. The van der Waals surface area contributed by atoms with Gasteiger partial charge in [-0.25, -0.2) is 4.79 Å². The standard InChI is InChI=1S/C16H23N3O/c1-3-5-13-6-8-14(9-7-13)15(17)12-19-11-10-18(4-2)16(19)20/h6-11,15H,3-5,12,17H2,1-2H3. The fourth-order valence-corrected chi connectivity index (χ4v) is 2.37. The first-order valence-corrected chi connectivity index (χ1v) is 7.25. The minimum absolute atomic E-state index is 0.00514. The largest absolute Gasteiger partial charge is 0.328 e. The molecule has 1 aromatic carbocycles. The predicted octanol–water partition coefficient (Wildman–Crippen LogP) is 2.32. The van der Waals surface area contributed by atoms with Crippen molar-refractivity contribution in [1.82, 2.24) is 9.13 Å². The first-order chi connectivity index (χ1) is 9.65. The van der Waals surface area contributed by atoms with E-state index in [0.29, 0.717) is 13.1 Å². The molecule has 1 atom stereocenters. The maximum absolute atomic E-state index is 12.0. The SMILES string of the molecule is CCCc1ccc(C(N)Cn2ccn(CC)c2=O)cc1. The van der Waals surface area contributed by atoms with Crippen LogP contribution in [0.3, 0.4) is 0 Å². The molecule has 1 unspecified atom stereocenters. The van der Waals surface area contributed by atoms with Crippen molar-refractivity contribution in [2.75, 3.05) is 0 Å². The number of aryl methyl sites for hydroxylation is 2. The maximum Gasteiger partial charge on any atom is 0.328 e.